The minimum atomic E-state index is -5.03. The van der Waals surface area contributed by atoms with Gasteiger partial charge in [0.15, 0.2) is 0 Å². The molecule has 22 heteroatoms. The van der Waals surface area contributed by atoms with Crippen molar-refractivity contribution >= 4 is 68.7 Å². The predicted octanol–water partition coefficient (Wildman–Crippen LogP) is 2.68. The van der Waals surface area contributed by atoms with Crippen LogP contribution in [0.5, 0.6) is 0 Å². The molecular weight excluding hydrogens is 838 g/mol. The fourth-order valence-electron chi connectivity index (χ4n) is 6.62. The molecule has 1 unspecified atom stereocenters. The SMILES string of the molecule is CCC(N)CC(=O)N(C(=O)C(=O)NS(=O)(=O)c1ccc(Cl)c([N+](=O)[O-])c1)C(=O)[C@H](CC1CCCCC1)NC(=O)[C@@H](NC(=O)[C@H](CC(C)C)NC(=O)c1cnccn1)[C@@H](C)CC. The molecule has 1 saturated carbocycles. The summed E-state index contributed by atoms with van der Waals surface area (Å²) in [7, 11) is -5.03. The van der Waals surface area contributed by atoms with E-state index in [1.807, 2.05) is 13.8 Å². The predicted molar refractivity (Wildman–Crippen MR) is 220 cm³/mol. The van der Waals surface area contributed by atoms with Gasteiger partial charge in [0.25, 0.3) is 27.5 Å². The number of carbonyl (C=O) groups is 7. The number of nitrogens with one attached hydrogen (secondary N) is 4. The van der Waals surface area contributed by atoms with Crippen LogP contribution < -0.4 is 26.4 Å². The number of halogens is 1. The molecule has 7 amide bonds. The van der Waals surface area contributed by atoms with E-state index < -0.39 is 108 Å². The second-order valence-corrected chi connectivity index (χ2v) is 17.6. The molecule has 1 heterocycles. The van der Waals surface area contributed by atoms with Crippen molar-refractivity contribution in [1.82, 2.24) is 35.5 Å². The summed E-state index contributed by atoms with van der Waals surface area (Å²) in [5, 5.41) is 18.9. The standard InChI is InChI=1S/C39H54ClN9O11S/c1-6-23(5)33(46-34(51)28(17-22(3)4)44-35(52)30-21-42-15-16-43-30)36(53)45-29(18-24-11-9-8-10-12-24)38(55)48(32(50)19-25(41)7-2)39(56)37(54)47-61(59,60)26-13-14-27(40)31(20-26)49(57)58/h13-16,20-25,28-29,33H,6-12,17-19,41H2,1-5H3,(H,44,52)(H,45,53)(H,46,51)(H,47,54)/t23-,25?,28-,29-,33-/m0/s1. The summed E-state index contributed by atoms with van der Waals surface area (Å²) >= 11 is 5.80. The van der Waals surface area contributed by atoms with E-state index in [-0.39, 0.29) is 41.7 Å². The lowest BCUT2D eigenvalue weighted by atomic mass is 9.84. The van der Waals surface area contributed by atoms with Gasteiger partial charge in [-0.05, 0) is 49.1 Å². The molecule has 2 aromatic rings. The maximum atomic E-state index is 14.5. The van der Waals surface area contributed by atoms with Crippen molar-refractivity contribution < 1.29 is 46.9 Å². The highest BCUT2D eigenvalue weighted by atomic mass is 35.5. The minimum Gasteiger partial charge on any atom is -0.342 e. The molecule has 0 radical (unpaired) electrons. The van der Waals surface area contributed by atoms with Crippen molar-refractivity contribution in [2.24, 2.45) is 23.5 Å². The topological polar surface area (TPSA) is 300 Å². The number of benzene rings is 1. The molecule has 61 heavy (non-hydrogen) atoms. The largest absolute Gasteiger partial charge is 0.342 e. The number of amides is 7. The number of nitro benzene ring substituents is 1. The number of hydrogen-bond acceptors (Lipinski definition) is 14. The highest BCUT2D eigenvalue weighted by molar-refractivity contribution is 7.90. The van der Waals surface area contributed by atoms with E-state index in [2.05, 4.69) is 25.9 Å². The molecule has 1 aliphatic carbocycles. The third-order valence-electron chi connectivity index (χ3n) is 10.3. The summed E-state index contributed by atoms with van der Waals surface area (Å²) in [4.78, 5) is 114. The van der Waals surface area contributed by atoms with Crippen molar-refractivity contribution in [1.29, 1.82) is 0 Å². The van der Waals surface area contributed by atoms with Crippen LogP contribution in [0.2, 0.25) is 5.02 Å². The van der Waals surface area contributed by atoms with Crippen LogP contribution in [0.15, 0.2) is 41.7 Å². The number of nitrogens with zero attached hydrogens (tertiary/aromatic N) is 4. The Labute approximate surface area is 359 Å². The fraction of sp³-hybridized carbons (Fsp3) is 0.564. The van der Waals surface area contributed by atoms with Crippen LogP contribution in [0.4, 0.5) is 5.69 Å². The van der Waals surface area contributed by atoms with Gasteiger partial charge in [0.05, 0.1) is 16.0 Å². The Morgan fingerprint density at radius 1 is 0.951 bits per heavy atom. The van der Waals surface area contributed by atoms with Crippen LogP contribution in [0, 0.1) is 27.9 Å². The Morgan fingerprint density at radius 2 is 1.62 bits per heavy atom. The summed E-state index contributed by atoms with van der Waals surface area (Å²) in [5.41, 5.74) is 5.14. The lowest BCUT2D eigenvalue weighted by Crippen LogP contribution is -2.61. The van der Waals surface area contributed by atoms with Crippen LogP contribution >= 0.6 is 11.6 Å². The molecule has 5 atom stereocenters. The summed E-state index contributed by atoms with van der Waals surface area (Å²) in [5.74, 6) is -9.61. The molecule has 1 aromatic heterocycles. The summed E-state index contributed by atoms with van der Waals surface area (Å²) in [6, 6.07) is -2.71. The van der Waals surface area contributed by atoms with Gasteiger partial charge >= 0.3 is 11.8 Å². The number of nitro groups is 1. The van der Waals surface area contributed by atoms with Crippen molar-refractivity contribution in [2.75, 3.05) is 0 Å². The van der Waals surface area contributed by atoms with Crippen LogP contribution in [0.1, 0.15) is 109 Å². The first-order valence-electron chi connectivity index (χ1n) is 20.1. The van der Waals surface area contributed by atoms with Crippen LogP contribution in [-0.2, 0) is 38.8 Å². The first-order chi connectivity index (χ1) is 28.7. The van der Waals surface area contributed by atoms with Crippen LogP contribution in [0.25, 0.3) is 0 Å². The third kappa shape index (κ3) is 14.3. The quantitative estimate of drug-likeness (QED) is 0.0770. The molecule has 1 fully saturated rings. The molecule has 3 rings (SSSR count). The van der Waals surface area contributed by atoms with Gasteiger partial charge < -0.3 is 21.7 Å². The Kier molecular flexibility index (Phi) is 18.8. The van der Waals surface area contributed by atoms with Gasteiger partial charge in [-0.15, -0.1) is 0 Å². The fourth-order valence-corrected chi connectivity index (χ4v) is 7.77. The van der Waals surface area contributed by atoms with E-state index in [0.717, 1.165) is 31.4 Å². The number of nitrogens with two attached hydrogens (primary N) is 1. The molecule has 20 nitrogen and oxygen atoms in total. The summed E-state index contributed by atoms with van der Waals surface area (Å²) < 4.78 is 27.8. The zero-order valence-corrected chi connectivity index (χ0v) is 36.3. The number of sulfonamides is 1. The number of imide groups is 3. The average Bonchev–Trinajstić information content (AvgIpc) is 3.21. The van der Waals surface area contributed by atoms with Gasteiger partial charge in [-0.2, -0.15) is 0 Å². The number of hydrogen-bond donors (Lipinski definition) is 5. The zero-order chi connectivity index (χ0) is 45.6. The molecule has 0 bridgehead atoms. The molecule has 1 aliphatic rings. The van der Waals surface area contributed by atoms with Crippen LogP contribution in [0.3, 0.4) is 0 Å². The van der Waals surface area contributed by atoms with E-state index in [1.54, 1.807) is 20.8 Å². The zero-order valence-electron chi connectivity index (χ0n) is 34.7. The Bertz CT molecular complexity index is 2050. The Hall–Kier alpha value is -5.41. The van der Waals surface area contributed by atoms with Crippen molar-refractivity contribution in [2.45, 2.75) is 128 Å². The second kappa shape index (κ2) is 23.0. The Balaban J connectivity index is 2.00. The molecule has 0 aliphatic heterocycles. The Morgan fingerprint density at radius 3 is 2.20 bits per heavy atom. The summed E-state index contributed by atoms with van der Waals surface area (Å²) in [6.45, 7) is 8.71. The first-order valence-corrected chi connectivity index (χ1v) is 21.9. The van der Waals surface area contributed by atoms with E-state index in [4.69, 9.17) is 17.3 Å². The maximum absolute atomic E-state index is 14.5. The number of carbonyl (C=O) groups excluding carboxylic acids is 7. The monoisotopic (exact) mass is 891 g/mol. The molecule has 0 spiro atoms. The minimum absolute atomic E-state index is 0.0434. The number of aromatic nitrogens is 2. The van der Waals surface area contributed by atoms with Crippen molar-refractivity contribution in [3.63, 3.8) is 0 Å². The van der Waals surface area contributed by atoms with Crippen molar-refractivity contribution in [3.05, 3.63) is 57.6 Å². The molecule has 0 saturated heterocycles. The average molecular weight is 892 g/mol. The van der Waals surface area contributed by atoms with Gasteiger partial charge in [0.1, 0.15) is 28.8 Å². The molecule has 1 aromatic carbocycles. The first kappa shape index (κ1) is 49.9. The van der Waals surface area contributed by atoms with E-state index in [9.17, 15) is 52.1 Å². The van der Waals surface area contributed by atoms with Gasteiger partial charge in [-0.25, -0.2) is 23.0 Å². The van der Waals surface area contributed by atoms with E-state index in [1.165, 1.54) is 23.3 Å². The lowest BCUT2D eigenvalue weighted by molar-refractivity contribution is -0.384. The molecule has 334 valence electrons. The summed E-state index contributed by atoms with van der Waals surface area (Å²) in [6.07, 6.45) is 7.65. The van der Waals surface area contributed by atoms with E-state index in [0.29, 0.717) is 25.3 Å². The maximum Gasteiger partial charge on any atom is 0.326 e. The van der Waals surface area contributed by atoms with Crippen molar-refractivity contribution in [3.8, 4) is 0 Å². The third-order valence-corrected chi connectivity index (χ3v) is 12.0. The molecular formula is C39H54ClN9O11S. The van der Waals surface area contributed by atoms with Gasteiger partial charge in [0.2, 0.25) is 17.7 Å². The number of rotatable bonds is 19. The van der Waals surface area contributed by atoms with Gasteiger partial charge in [-0.1, -0.05) is 84.7 Å². The van der Waals surface area contributed by atoms with E-state index >= 15 is 0 Å². The second-order valence-electron chi connectivity index (χ2n) is 15.5. The highest BCUT2D eigenvalue weighted by Gasteiger charge is 2.42. The highest BCUT2D eigenvalue weighted by Crippen LogP contribution is 2.29. The molecule has 6 N–H and O–H groups in total. The smallest absolute Gasteiger partial charge is 0.326 e. The normalized spacial score (nSPS) is 15.6. The van der Waals surface area contributed by atoms with Gasteiger partial charge in [-0.3, -0.25) is 48.7 Å². The van der Waals surface area contributed by atoms with Gasteiger partial charge in [0, 0.05) is 30.9 Å². The van der Waals surface area contributed by atoms with Crippen LogP contribution in [-0.4, -0.2) is 93.7 Å². The lowest BCUT2D eigenvalue weighted by Gasteiger charge is -2.32.